The molecule has 8 heteroatoms. The van der Waals surface area contributed by atoms with Crippen LogP contribution in [0.2, 0.25) is 0 Å². The van der Waals surface area contributed by atoms with Gasteiger partial charge in [0.1, 0.15) is 5.82 Å². The smallest absolute Gasteiger partial charge is 0.313 e. The summed E-state index contributed by atoms with van der Waals surface area (Å²) in [5.74, 6) is -1.82. The van der Waals surface area contributed by atoms with Gasteiger partial charge in [-0.05, 0) is 59.4 Å². The number of rotatable bonds is 5. The van der Waals surface area contributed by atoms with Gasteiger partial charge < -0.3 is 20.6 Å². The minimum absolute atomic E-state index is 0.116. The molecule has 1 heterocycles. The molecule has 2 rings (SSSR count). The van der Waals surface area contributed by atoms with Crippen molar-refractivity contribution < 1.29 is 19.1 Å². The summed E-state index contributed by atoms with van der Waals surface area (Å²) in [6, 6.07) is 4.11. The fourth-order valence-electron chi connectivity index (χ4n) is 2.74. The monoisotopic (exact) mass is 401 g/mol. The molecule has 1 aromatic rings. The molecule has 0 aromatic heterocycles. The molecule has 0 saturated carbocycles. The van der Waals surface area contributed by atoms with Crippen LogP contribution < -0.4 is 10.6 Å². The second-order valence-electron chi connectivity index (χ2n) is 5.83. The van der Waals surface area contributed by atoms with Gasteiger partial charge in [0.2, 0.25) is 0 Å². The highest BCUT2D eigenvalue weighted by atomic mass is 79.9. The molecule has 1 atom stereocenters. The zero-order valence-corrected chi connectivity index (χ0v) is 14.8. The lowest BCUT2D eigenvalue weighted by Gasteiger charge is -2.32. The largest absolute Gasteiger partial charge is 0.395 e. The third-order valence-corrected chi connectivity index (χ3v) is 4.60. The number of benzene rings is 1. The maximum atomic E-state index is 13.4. The van der Waals surface area contributed by atoms with Gasteiger partial charge in [-0.25, -0.2) is 4.39 Å². The van der Waals surface area contributed by atoms with Crippen molar-refractivity contribution in [3.8, 4) is 0 Å². The first-order valence-electron chi connectivity index (χ1n) is 7.87. The molecule has 6 nitrogen and oxygen atoms in total. The van der Waals surface area contributed by atoms with Crippen molar-refractivity contribution in [3.05, 3.63) is 28.5 Å². The summed E-state index contributed by atoms with van der Waals surface area (Å²) in [4.78, 5) is 25.9. The Hall–Kier alpha value is -1.51. The van der Waals surface area contributed by atoms with E-state index in [1.165, 1.54) is 12.1 Å². The molecule has 1 aliphatic rings. The fourth-order valence-corrected chi connectivity index (χ4v) is 2.99. The number of carbonyl (C=O) groups excluding carboxylic acids is 2. The van der Waals surface area contributed by atoms with Crippen LogP contribution in [0.4, 0.5) is 10.1 Å². The van der Waals surface area contributed by atoms with Gasteiger partial charge in [-0.1, -0.05) is 0 Å². The van der Waals surface area contributed by atoms with Crippen molar-refractivity contribution in [1.29, 1.82) is 0 Å². The van der Waals surface area contributed by atoms with Crippen LogP contribution in [0.1, 0.15) is 12.8 Å². The van der Waals surface area contributed by atoms with Gasteiger partial charge in [0.05, 0.1) is 11.1 Å². The van der Waals surface area contributed by atoms with Gasteiger partial charge >= 0.3 is 11.8 Å². The highest BCUT2D eigenvalue weighted by Crippen LogP contribution is 2.19. The van der Waals surface area contributed by atoms with Crippen LogP contribution in [0, 0.1) is 11.7 Å². The highest BCUT2D eigenvalue weighted by Gasteiger charge is 2.21. The Kier molecular flexibility index (Phi) is 7.14. The Morgan fingerprint density at radius 1 is 1.38 bits per heavy atom. The van der Waals surface area contributed by atoms with Crippen LogP contribution in [0.3, 0.4) is 0 Å². The van der Waals surface area contributed by atoms with Crippen LogP contribution in [-0.2, 0) is 9.59 Å². The number of halogens is 2. The number of nitrogens with one attached hydrogen (secondary N) is 2. The van der Waals surface area contributed by atoms with E-state index in [-0.39, 0.29) is 22.7 Å². The number of nitrogens with zero attached hydrogens (tertiary/aromatic N) is 1. The van der Waals surface area contributed by atoms with Crippen LogP contribution >= 0.6 is 15.9 Å². The van der Waals surface area contributed by atoms with E-state index >= 15 is 0 Å². The van der Waals surface area contributed by atoms with E-state index in [0.717, 1.165) is 32.0 Å². The average molecular weight is 402 g/mol. The summed E-state index contributed by atoms with van der Waals surface area (Å²) in [6.07, 6.45) is 1.98. The summed E-state index contributed by atoms with van der Waals surface area (Å²) in [6.45, 7) is 2.88. The molecule has 1 aromatic carbocycles. The van der Waals surface area contributed by atoms with E-state index in [4.69, 9.17) is 5.11 Å². The van der Waals surface area contributed by atoms with Crippen LogP contribution in [0.25, 0.3) is 0 Å². The molecule has 24 heavy (non-hydrogen) atoms. The Morgan fingerprint density at radius 3 is 2.88 bits per heavy atom. The molecular formula is C16H21BrFN3O3. The molecule has 1 fully saturated rings. The quantitative estimate of drug-likeness (QED) is 0.650. The van der Waals surface area contributed by atoms with Crippen LogP contribution in [-0.4, -0.2) is 54.6 Å². The number of anilines is 1. The maximum Gasteiger partial charge on any atom is 0.313 e. The summed E-state index contributed by atoms with van der Waals surface area (Å²) in [5.41, 5.74) is 0.225. The van der Waals surface area contributed by atoms with E-state index in [1.54, 1.807) is 0 Å². The number of hydrogen-bond donors (Lipinski definition) is 3. The van der Waals surface area contributed by atoms with E-state index in [2.05, 4.69) is 31.5 Å². The lowest BCUT2D eigenvalue weighted by molar-refractivity contribution is -0.136. The number of hydrogen-bond acceptors (Lipinski definition) is 4. The van der Waals surface area contributed by atoms with Gasteiger partial charge in [0, 0.05) is 25.3 Å². The lowest BCUT2D eigenvalue weighted by Crippen LogP contribution is -2.44. The Balaban J connectivity index is 1.79. The molecule has 0 aliphatic carbocycles. The number of piperidine rings is 1. The van der Waals surface area contributed by atoms with Crippen LogP contribution in [0.15, 0.2) is 22.7 Å². The molecule has 1 aliphatic heterocycles. The zero-order chi connectivity index (χ0) is 17.5. The predicted octanol–water partition coefficient (Wildman–Crippen LogP) is 1.35. The second-order valence-corrected chi connectivity index (χ2v) is 6.68. The van der Waals surface area contributed by atoms with Gasteiger partial charge in [0.25, 0.3) is 0 Å². The number of aliphatic hydroxyl groups excluding tert-OH is 1. The van der Waals surface area contributed by atoms with Crippen LogP contribution in [0.5, 0.6) is 0 Å². The summed E-state index contributed by atoms with van der Waals surface area (Å²) in [5, 5.41) is 14.0. The molecule has 3 N–H and O–H groups in total. The number of β-amino-alcohol motifs (C(OH)–C–C–N with tert-alkyl or cyclic N) is 1. The number of amides is 2. The van der Waals surface area contributed by atoms with Crippen molar-refractivity contribution in [1.82, 2.24) is 10.2 Å². The topological polar surface area (TPSA) is 81.7 Å². The highest BCUT2D eigenvalue weighted by molar-refractivity contribution is 9.10. The second kappa shape index (κ2) is 9.10. The molecule has 0 bridgehead atoms. The fraction of sp³-hybridized carbons (Fsp3) is 0.500. The Labute approximate surface area is 148 Å². The van der Waals surface area contributed by atoms with E-state index in [1.807, 2.05) is 0 Å². The molecule has 1 saturated heterocycles. The average Bonchev–Trinajstić information content (AvgIpc) is 2.56. The molecule has 132 valence electrons. The minimum atomic E-state index is -0.820. The SMILES string of the molecule is O=C(NCC1CCCN(CCO)C1)C(=O)Nc1ccc(Br)c(F)c1. The third kappa shape index (κ3) is 5.54. The first-order valence-corrected chi connectivity index (χ1v) is 8.66. The van der Waals surface area contributed by atoms with E-state index in [9.17, 15) is 14.0 Å². The zero-order valence-electron chi connectivity index (χ0n) is 13.2. The number of aliphatic hydroxyl groups is 1. The number of carbonyl (C=O) groups is 2. The van der Waals surface area contributed by atoms with Gasteiger partial charge in [0.15, 0.2) is 0 Å². The molecule has 1 unspecified atom stereocenters. The minimum Gasteiger partial charge on any atom is -0.395 e. The molecule has 0 radical (unpaired) electrons. The van der Waals surface area contributed by atoms with Crippen molar-refractivity contribution in [3.63, 3.8) is 0 Å². The predicted molar refractivity (Wildman–Crippen MR) is 92.0 cm³/mol. The molecular weight excluding hydrogens is 381 g/mol. The van der Waals surface area contributed by atoms with Gasteiger partial charge in [-0.15, -0.1) is 0 Å². The van der Waals surface area contributed by atoms with Gasteiger partial charge in [-0.3, -0.25) is 9.59 Å². The standard InChI is InChI=1S/C16H21BrFN3O3/c17-13-4-3-12(8-14(13)18)20-16(24)15(23)19-9-11-2-1-5-21(10-11)6-7-22/h3-4,8,11,22H,1-2,5-7,9-10H2,(H,19,23)(H,20,24). The third-order valence-electron chi connectivity index (χ3n) is 3.95. The van der Waals surface area contributed by atoms with E-state index < -0.39 is 17.6 Å². The maximum absolute atomic E-state index is 13.4. The van der Waals surface area contributed by atoms with E-state index in [0.29, 0.717) is 13.1 Å². The first kappa shape index (κ1) is 18.8. The van der Waals surface area contributed by atoms with Crippen molar-refractivity contribution in [2.24, 2.45) is 5.92 Å². The van der Waals surface area contributed by atoms with Gasteiger partial charge in [-0.2, -0.15) is 0 Å². The Bertz CT molecular complexity index is 598. The normalized spacial score (nSPS) is 18.2. The number of likely N-dealkylation sites (tertiary alicyclic amines) is 1. The Morgan fingerprint density at radius 2 is 2.17 bits per heavy atom. The molecule has 2 amide bonds. The van der Waals surface area contributed by atoms with Crippen molar-refractivity contribution in [2.45, 2.75) is 12.8 Å². The lowest BCUT2D eigenvalue weighted by atomic mass is 9.98. The first-order chi connectivity index (χ1) is 11.5. The van der Waals surface area contributed by atoms with Crippen molar-refractivity contribution in [2.75, 3.05) is 38.1 Å². The molecule has 0 spiro atoms. The van der Waals surface area contributed by atoms with Crippen molar-refractivity contribution >= 4 is 33.4 Å². The summed E-state index contributed by atoms with van der Waals surface area (Å²) < 4.78 is 13.7. The summed E-state index contributed by atoms with van der Waals surface area (Å²) >= 11 is 3.02. The summed E-state index contributed by atoms with van der Waals surface area (Å²) in [7, 11) is 0.